The first-order valence-electron chi connectivity index (χ1n) is 5.32. The second kappa shape index (κ2) is 4.11. The Hall–Kier alpha value is -1.00. The summed E-state index contributed by atoms with van der Waals surface area (Å²) in [5.74, 6) is 0.423. The fraction of sp³-hybridized carbons (Fsp3) is 0.333. The van der Waals surface area contributed by atoms with Crippen molar-refractivity contribution in [3.63, 3.8) is 0 Å². The molecule has 16 heavy (non-hydrogen) atoms. The van der Waals surface area contributed by atoms with Gasteiger partial charge in [0, 0.05) is 22.4 Å². The fourth-order valence-electron chi connectivity index (χ4n) is 2.13. The summed E-state index contributed by atoms with van der Waals surface area (Å²) in [7, 11) is 0. The average Bonchev–Trinajstić information content (AvgIpc) is 2.81. The highest BCUT2D eigenvalue weighted by Crippen LogP contribution is 2.29. The van der Waals surface area contributed by atoms with Crippen molar-refractivity contribution in [1.29, 1.82) is 0 Å². The molecule has 3 rings (SSSR count). The zero-order valence-corrected chi connectivity index (χ0v) is 10.3. The molecule has 1 aliphatic rings. The third-order valence-corrected chi connectivity index (χ3v) is 3.44. The van der Waals surface area contributed by atoms with Gasteiger partial charge in [0.25, 0.3) is 0 Å². The van der Waals surface area contributed by atoms with Crippen molar-refractivity contribution in [1.82, 2.24) is 9.97 Å². The number of hydrogen-bond donors (Lipinski definition) is 0. The van der Waals surface area contributed by atoms with E-state index in [0.29, 0.717) is 5.92 Å². The Bertz CT molecular complexity index is 523. The lowest BCUT2D eigenvalue weighted by atomic mass is 10.0. The number of hydrogen-bond acceptors (Lipinski definition) is 3. The number of nitrogens with zero attached hydrogens (tertiary/aromatic N) is 2. The molecule has 0 bridgehead atoms. The van der Waals surface area contributed by atoms with Crippen LogP contribution in [0.1, 0.15) is 18.0 Å². The van der Waals surface area contributed by atoms with Crippen molar-refractivity contribution >= 4 is 26.8 Å². The first kappa shape index (κ1) is 10.2. The molecule has 0 N–H and O–H groups in total. The predicted molar refractivity (Wildman–Crippen MR) is 65.4 cm³/mol. The zero-order valence-electron chi connectivity index (χ0n) is 8.69. The van der Waals surface area contributed by atoms with E-state index in [4.69, 9.17) is 4.74 Å². The molecule has 2 aromatic rings. The first-order valence-corrected chi connectivity index (χ1v) is 6.12. The smallest absolute Gasteiger partial charge is 0.116 e. The molecule has 1 fully saturated rings. The minimum absolute atomic E-state index is 0.423. The van der Waals surface area contributed by atoms with Crippen LogP contribution in [0.5, 0.6) is 0 Å². The van der Waals surface area contributed by atoms with E-state index < -0.39 is 0 Å². The summed E-state index contributed by atoms with van der Waals surface area (Å²) >= 11 is 3.46. The van der Waals surface area contributed by atoms with E-state index >= 15 is 0 Å². The molecule has 0 saturated carbocycles. The van der Waals surface area contributed by atoms with Gasteiger partial charge in [-0.2, -0.15) is 0 Å². The summed E-state index contributed by atoms with van der Waals surface area (Å²) in [6, 6.07) is 6.13. The van der Waals surface area contributed by atoms with Crippen molar-refractivity contribution in [2.45, 2.75) is 12.3 Å². The summed E-state index contributed by atoms with van der Waals surface area (Å²) in [5, 5.41) is 1.14. The van der Waals surface area contributed by atoms with Crippen molar-refractivity contribution in [2.24, 2.45) is 0 Å². The molecule has 1 aromatic heterocycles. The molecule has 1 atom stereocenters. The van der Waals surface area contributed by atoms with Gasteiger partial charge < -0.3 is 4.74 Å². The third kappa shape index (κ3) is 1.72. The number of ether oxygens (including phenoxy) is 1. The van der Waals surface area contributed by atoms with Crippen molar-refractivity contribution < 1.29 is 4.74 Å². The molecule has 2 heterocycles. The Morgan fingerprint density at radius 3 is 3.06 bits per heavy atom. The number of halogens is 1. The molecule has 82 valence electrons. The maximum atomic E-state index is 5.41. The maximum Gasteiger partial charge on any atom is 0.116 e. The van der Waals surface area contributed by atoms with Crippen LogP contribution in [0.25, 0.3) is 10.9 Å². The summed E-state index contributed by atoms with van der Waals surface area (Å²) < 4.78 is 6.46. The Kier molecular flexibility index (Phi) is 2.61. The van der Waals surface area contributed by atoms with Gasteiger partial charge in [0.1, 0.15) is 6.33 Å². The lowest BCUT2D eigenvalue weighted by Gasteiger charge is -2.09. The topological polar surface area (TPSA) is 35.0 Å². The highest BCUT2D eigenvalue weighted by molar-refractivity contribution is 9.10. The van der Waals surface area contributed by atoms with E-state index in [0.717, 1.165) is 40.7 Å². The van der Waals surface area contributed by atoms with Gasteiger partial charge in [0.2, 0.25) is 0 Å². The Balaban J connectivity index is 2.16. The standard InChI is InChI=1S/C12H11BrN2O/c13-9-1-2-10-11(5-9)14-7-15-12(10)8-3-4-16-6-8/h1-2,5,7-8H,3-4,6H2. The normalized spacial score (nSPS) is 20.4. The van der Waals surface area contributed by atoms with Crippen LogP contribution in [0, 0.1) is 0 Å². The van der Waals surface area contributed by atoms with Crippen LogP contribution in [0.3, 0.4) is 0 Å². The van der Waals surface area contributed by atoms with Crippen LogP contribution >= 0.6 is 15.9 Å². The highest BCUT2D eigenvalue weighted by Gasteiger charge is 2.21. The highest BCUT2D eigenvalue weighted by atomic mass is 79.9. The fourth-order valence-corrected chi connectivity index (χ4v) is 2.48. The molecule has 4 heteroatoms. The molecule has 1 aromatic carbocycles. The summed E-state index contributed by atoms with van der Waals surface area (Å²) in [4.78, 5) is 8.70. The zero-order chi connectivity index (χ0) is 11.0. The molecular weight excluding hydrogens is 268 g/mol. The Morgan fingerprint density at radius 2 is 2.25 bits per heavy atom. The first-order chi connectivity index (χ1) is 7.84. The molecule has 0 spiro atoms. The van der Waals surface area contributed by atoms with E-state index in [1.807, 2.05) is 12.1 Å². The molecule has 1 unspecified atom stereocenters. The molecule has 0 aliphatic carbocycles. The molecule has 0 amide bonds. The number of fused-ring (bicyclic) bond motifs is 1. The van der Waals surface area contributed by atoms with Crippen molar-refractivity contribution in [3.8, 4) is 0 Å². The molecule has 3 nitrogen and oxygen atoms in total. The lowest BCUT2D eigenvalue weighted by molar-refractivity contribution is 0.193. The van der Waals surface area contributed by atoms with Gasteiger partial charge in [0.05, 0.1) is 17.8 Å². The van der Waals surface area contributed by atoms with Gasteiger partial charge in [-0.3, -0.25) is 0 Å². The third-order valence-electron chi connectivity index (χ3n) is 2.95. The van der Waals surface area contributed by atoms with E-state index in [-0.39, 0.29) is 0 Å². The quantitative estimate of drug-likeness (QED) is 0.805. The Morgan fingerprint density at radius 1 is 1.31 bits per heavy atom. The average molecular weight is 279 g/mol. The van der Waals surface area contributed by atoms with Crippen molar-refractivity contribution in [2.75, 3.05) is 13.2 Å². The largest absolute Gasteiger partial charge is 0.381 e. The molecule has 1 saturated heterocycles. The SMILES string of the molecule is Brc1ccc2c(C3CCOC3)ncnc2c1. The van der Waals surface area contributed by atoms with Gasteiger partial charge in [0.15, 0.2) is 0 Å². The second-order valence-electron chi connectivity index (χ2n) is 3.98. The van der Waals surface area contributed by atoms with Crippen LogP contribution < -0.4 is 0 Å². The number of rotatable bonds is 1. The molecule has 0 radical (unpaired) electrons. The van der Waals surface area contributed by atoms with Gasteiger partial charge in [-0.15, -0.1) is 0 Å². The van der Waals surface area contributed by atoms with E-state index in [9.17, 15) is 0 Å². The maximum absolute atomic E-state index is 5.41. The monoisotopic (exact) mass is 278 g/mol. The van der Waals surface area contributed by atoms with Crippen LogP contribution in [0.2, 0.25) is 0 Å². The summed E-state index contributed by atoms with van der Waals surface area (Å²) in [6.07, 6.45) is 2.70. The Labute approximate surface area is 102 Å². The van der Waals surface area contributed by atoms with Gasteiger partial charge in [-0.25, -0.2) is 9.97 Å². The van der Waals surface area contributed by atoms with Crippen LogP contribution in [-0.4, -0.2) is 23.2 Å². The number of benzene rings is 1. The predicted octanol–water partition coefficient (Wildman–Crippen LogP) is 2.90. The molecular formula is C12H11BrN2O. The second-order valence-corrected chi connectivity index (χ2v) is 4.90. The van der Waals surface area contributed by atoms with Gasteiger partial charge in [-0.1, -0.05) is 15.9 Å². The van der Waals surface area contributed by atoms with E-state index in [1.165, 1.54) is 0 Å². The molecule has 1 aliphatic heterocycles. The number of aromatic nitrogens is 2. The minimum atomic E-state index is 0.423. The van der Waals surface area contributed by atoms with Gasteiger partial charge >= 0.3 is 0 Å². The van der Waals surface area contributed by atoms with Gasteiger partial charge in [-0.05, 0) is 24.6 Å². The van der Waals surface area contributed by atoms with E-state index in [2.05, 4.69) is 32.0 Å². The van der Waals surface area contributed by atoms with Crippen LogP contribution in [0.4, 0.5) is 0 Å². The summed E-state index contributed by atoms with van der Waals surface area (Å²) in [6.45, 7) is 1.62. The summed E-state index contributed by atoms with van der Waals surface area (Å²) in [5.41, 5.74) is 2.11. The minimum Gasteiger partial charge on any atom is -0.381 e. The van der Waals surface area contributed by atoms with Crippen LogP contribution in [-0.2, 0) is 4.74 Å². The lowest BCUT2D eigenvalue weighted by Crippen LogP contribution is -2.02. The van der Waals surface area contributed by atoms with E-state index in [1.54, 1.807) is 6.33 Å². The van der Waals surface area contributed by atoms with Crippen molar-refractivity contribution in [3.05, 3.63) is 34.7 Å². The van der Waals surface area contributed by atoms with Crippen LogP contribution in [0.15, 0.2) is 29.0 Å².